The van der Waals surface area contributed by atoms with Crippen molar-refractivity contribution in [1.82, 2.24) is 9.97 Å². The van der Waals surface area contributed by atoms with E-state index in [0.717, 1.165) is 18.9 Å². The number of benzene rings is 1. The van der Waals surface area contributed by atoms with Gasteiger partial charge in [0.1, 0.15) is 17.5 Å². The number of hydrogen-bond acceptors (Lipinski definition) is 6. The molecule has 0 aliphatic carbocycles. The maximum absolute atomic E-state index is 11.9. The maximum Gasteiger partial charge on any atom is 0.339 e. The number of carbonyl (C=O) groups is 1. The van der Waals surface area contributed by atoms with Gasteiger partial charge in [-0.25, -0.2) is 14.8 Å². The van der Waals surface area contributed by atoms with Crippen LogP contribution in [0.4, 0.5) is 17.3 Å². The molecule has 2 heterocycles. The summed E-state index contributed by atoms with van der Waals surface area (Å²) < 4.78 is 4.82. The predicted molar refractivity (Wildman–Crippen MR) is 89.3 cm³/mol. The number of anilines is 3. The molecule has 2 aromatic rings. The molecule has 0 spiro atoms. The largest absolute Gasteiger partial charge is 0.465 e. The second kappa shape index (κ2) is 6.64. The molecule has 0 atom stereocenters. The molecule has 0 bridgehead atoms. The van der Waals surface area contributed by atoms with Crippen LogP contribution in [0.5, 0.6) is 0 Å². The minimum atomic E-state index is -0.376. The van der Waals surface area contributed by atoms with Gasteiger partial charge in [-0.3, -0.25) is 0 Å². The molecule has 6 nitrogen and oxygen atoms in total. The third kappa shape index (κ3) is 3.41. The third-order valence-corrected chi connectivity index (χ3v) is 3.85. The number of aromatic nitrogens is 2. The summed E-state index contributed by atoms with van der Waals surface area (Å²) in [6.07, 6.45) is 2.38. The maximum atomic E-state index is 11.9. The highest BCUT2D eigenvalue weighted by molar-refractivity contribution is 5.96. The zero-order valence-corrected chi connectivity index (χ0v) is 13.4. The molecular weight excluding hydrogens is 292 g/mol. The number of nitrogens with one attached hydrogen (secondary N) is 1. The summed E-state index contributed by atoms with van der Waals surface area (Å²) in [5, 5.41) is 3.21. The quantitative estimate of drug-likeness (QED) is 0.876. The fraction of sp³-hybridized carbons (Fsp3) is 0.353. The van der Waals surface area contributed by atoms with Gasteiger partial charge in [0.15, 0.2) is 0 Å². The van der Waals surface area contributed by atoms with Crippen LogP contribution in [0.1, 0.15) is 29.0 Å². The van der Waals surface area contributed by atoms with Crippen LogP contribution >= 0.6 is 0 Å². The summed E-state index contributed by atoms with van der Waals surface area (Å²) in [5.74, 6) is 1.93. The minimum absolute atomic E-state index is 0.376. The Morgan fingerprint density at radius 2 is 1.96 bits per heavy atom. The number of esters is 1. The van der Waals surface area contributed by atoms with Gasteiger partial charge in [-0.1, -0.05) is 12.1 Å². The fourth-order valence-electron chi connectivity index (χ4n) is 2.74. The lowest BCUT2D eigenvalue weighted by atomic mass is 10.2. The lowest BCUT2D eigenvalue weighted by molar-refractivity contribution is 0.0602. The Labute approximate surface area is 135 Å². The highest BCUT2D eigenvalue weighted by Crippen LogP contribution is 2.24. The van der Waals surface area contributed by atoms with E-state index in [-0.39, 0.29) is 5.97 Å². The third-order valence-electron chi connectivity index (χ3n) is 3.85. The average Bonchev–Trinajstić information content (AvgIpc) is 3.08. The number of ether oxygens (including phenoxy) is 1. The van der Waals surface area contributed by atoms with E-state index in [9.17, 15) is 4.79 Å². The Morgan fingerprint density at radius 1 is 1.22 bits per heavy atom. The van der Waals surface area contributed by atoms with E-state index in [2.05, 4.69) is 20.2 Å². The molecule has 0 amide bonds. The lowest BCUT2D eigenvalue weighted by Gasteiger charge is -2.18. The van der Waals surface area contributed by atoms with Crippen molar-refractivity contribution < 1.29 is 9.53 Å². The SMILES string of the molecule is COC(=O)c1ccccc1Nc1cc(N2CCCC2)nc(C)n1. The van der Waals surface area contributed by atoms with E-state index in [1.807, 2.05) is 25.1 Å². The Kier molecular flexibility index (Phi) is 4.41. The first-order chi connectivity index (χ1) is 11.2. The molecule has 1 aromatic carbocycles. The minimum Gasteiger partial charge on any atom is -0.465 e. The Morgan fingerprint density at radius 3 is 2.70 bits per heavy atom. The Bertz CT molecular complexity index is 711. The first-order valence-corrected chi connectivity index (χ1v) is 7.72. The van der Waals surface area contributed by atoms with Crippen LogP contribution in [-0.4, -0.2) is 36.1 Å². The molecule has 0 unspecified atom stereocenters. The van der Waals surface area contributed by atoms with Gasteiger partial charge in [0.25, 0.3) is 0 Å². The van der Waals surface area contributed by atoms with E-state index in [0.29, 0.717) is 22.9 Å². The first kappa shape index (κ1) is 15.3. The molecule has 120 valence electrons. The molecule has 6 heteroatoms. The van der Waals surface area contributed by atoms with Crippen molar-refractivity contribution in [3.8, 4) is 0 Å². The van der Waals surface area contributed by atoms with Crippen molar-refractivity contribution in [1.29, 1.82) is 0 Å². The second-order valence-electron chi connectivity index (χ2n) is 5.51. The highest BCUT2D eigenvalue weighted by Gasteiger charge is 2.16. The fourth-order valence-corrected chi connectivity index (χ4v) is 2.74. The normalized spacial score (nSPS) is 13.9. The number of nitrogens with zero attached hydrogens (tertiary/aromatic N) is 3. The molecule has 1 aliphatic rings. The van der Waals surface area contributed by atoms with Crippen molar-refractivity contribution in [2.75, 3.05) is 30.4 Å². The Hall–Kier alpha value is -2.63. The summed E-state index contributed by atoms with van der Waals surface area (Å²) in [5.41, 5.74) is 1.15. The first-order valence-electron chi connectivity index (χ1n) is 7.72. The Balaban J connectivity index is 1.90. The molecular formula is C17H20N4O2. The van der Waals surface area contributed by atoms with E-state index in [1.54, 1.807) is 12.1 Å². The number of aryl methyl sites for hydroxylation is 1. The van der Waals surface area contributed by atoms with Gasteiger partial charge in [-0.15, -0.1) is 0 Å². The molecule has 0 radical (unpaired) electrons. The van der Waals surface area contributed by atoms with Crippen molar-refractivity contribution in [3.05, 3.63) is 41.7 Å². The van der Waals surface area contributed by atoms with Gasteiger partial charge in [0.2, 0.25) is 0 Å². The standard InChI is InChI=1S/C17H20N4O2/c1-12-18-15(11-16(19-12)21-9-5-6-10-21)20-14-8-4-3-7-13(14)17(22)23-2/h3-4,7-8,11H,5-6,9-10H2,1-2H3,(H,18,19,20). The van der Waals surface area contributed by atoms with Crippen molar-refractivity contribution >= 4 is 23.3 Å². The molecule has 1 aromatic heterocycles. The van der Waals surface area contributed by atoms with Crippen LogP contribution in [0.15, 0.2) is 30.3 Å². The van der Waals surface area contributed by atoms with Gasteiger partial charge in [-0.05, 0) is 31.9 Å². The topological polar surface area (TPSA) is 67.3 Å². The van der Waals surface area contributed by atoms with Crippen LogP contribution in [0.25, 0.3) is 0 Å². The van der Waals surface area contributed by atoms with Crippen molar-refractivity contribution in [2.45, 2.75) is 19.8 Å². The van der Waals surface area contributed by atoms with Crippen LogP contribution < -0.4 is 10.2 Å². The van der Waals surface area contributed by atoms with Crippen LogP contribution in [-0.2, 0) is 4.74 Å². The summed E-state index contributed by atoms with van der Waals surface area (Å²) in [7, 11) is 1.37. The average molecular weight is 312 g/mol. The molecule has 1 aliphatic heterocycles. The molecule has 1 fully saturated rings. The van der Waals surface area contributed by atoms with Gasteiger partial charge < -0.3 is 15.0 Å². The number of rotatable bonds is 4. The van der Waals surface area contributed by atoms with E-state index in [1.165, 1.54) is 20.0 Å². The molecule has 0 saturated carbocycles. The van der Waals surface area contributed by atoms with Gasteiger partial charge >= 0.3 is 5.97 Å². The van der Waals surface area contributed by atoms with E-state index in [4.69, 9.17) is 4.74 Å². The predicted octanol–water partition coefficient (Wildman–Crippen LogP) is 2.92. The van der Waals surface area contributed by atoms with Crippen molar-refractivity contribution in [3.63, 3.8) is 0 Å². The van der Waals surface area contributed by atoms with Gasteiger partial charge in [0.05, 0.1) is 18.4 Å². The van der Waals surface area contributed by atoms with E-state index >= 15 is 0 Å². The van der Waals surface area contributed by atoms with Crippen LogP contribution in [0.3, 0.4) is 0 Å². The van der Waals surface area contributed by atoms with Gasteiger partial charge in [0, 0.05) is 19.2 Å². The summed E-state index contributed by atoms with van der Waals surface area (Å²) in [6.45, 7) is 3.92. The highest BCUT2D eigenvalue weighted by atomic mass is 16.5. The zero-order valence-electron chi connectivity index (χ0n) is 13.4. The molecule has 23 heavy (non-hydrogen) atoms. The van der Waals surface area contributed by atoms with Crippen LogP contribution in [0, 0.1) is 6.92 Å². The molecule has 1 saturated heterocycles. The molecule has 3 rings (SSSR count). The monoisotopic (exact) mass is 312 g/mol. The smallest absolute Gasteiger partial charge is 0.339 e. The van der Waals surface area contributed by atoms with E-state index < -0.39 is 0 Å². The number of methoxy groups -OCH3 is 1. The summed E-state index contributed by atoms with van der Waals surface area (Å²) >= 11 is 0. The number of para-hydroxylation sites is 1. The molecule has 1 N–H and O–H groups in total. The zero-order chi connectivity index (χ0) is 16.2. The van der Waals surface area contributed by atoms with Gasteiger partial charge in [-0.2, -0.15) is 0 Å². The second-order valence-corrected chi connectivity index (χ2v) is 5.51. The number of hydrogen-bond donors (Lipinski definition) is 1. The summed E-state index contributed by atoms with van der Waals surface area (Å²) in [4.78, 5) is 23.1. The summed E-state index contributed by atoms with van der Waals surface area (Å²) in [6, 6.07) is 9.15. The van der Waals surface area contributed by atoms with Crippen molar-refractivity contribution in [2.24, 2.45) is 0 Å². The van der Waals surface area contributed by atoms with Crippen LogP contribution in [0.2, 0.25) is 0 Å². The lowest BCUT2D eigenvalue weighted by Crippen LogP contribution is -2.19. The number of carbonyl (C=O) groups excluding carboxylic acids is 1.